The molecule has 2 N–H and O–H groups in total. The largest absolute Gasteiger partial charge is 0.395 e. The van der Waals surface area contributed by atoms with E-state index < -0.39 is 11.9 Å². The minimum absolute atomic E-state index is 0.101. The Bertz CT molecular complexity index is 354. The molecule has 0 aliphatic heterocycles. The SMILES string of the molecule is O=C(c1ccnc(F)c1)N(CCO)CCO. The molecule has 0 aliphatic carbocycles. The Morgan fingerprint density at radius 2 is 2.00 bits per heavy atom. The standard InChI is InChI=1S/C10H13FN2O3/c11-9-7-8(1-2-12-9)10(16)13(3-5-14)4-6-15/h1-2,7,14-15H,3-6H2. The summed E-state index contributed by atoms with van der Waals surface area (Å²) in [6.45, 7) is -0.217. The number of hydrogen-bond donors (Lipinski definition) is 2. The molecule has 0 bridgehead atoms. The molecule has 1 rings (SSSR count). The van der Waals surface area contributed by atoms with E-state index in [1.807, 2.05) is 0 Å². The number of aliphatic hydroxyl groups is 2. The maximum atomic E-state index is 12.8. The van der Waals surface area contributed by atoms with Crippen molar-refractivity contribution in [1.29, 1.82) is 0 Å². The lowest BCUT2D eigenvalue weighted by atomic mass is 10.2. The van der Waals surface area contributed by atoms with Gasteiger partial charge in [-0.25, -0.2) is 4.98 Å². The van der Waals surface area contributed by atoms with E-state index in [2.05, 4.69) is 4.98 Å². The minimum Gasteiger partial charge on any atom is -0.395 e. The number of halogens is 1. The van der Waals surface area contributed by atoms with Crippen LogP contribution in [0.3, 0.4) is 0 Å². The second-order valence-electron chi connectivity index (χ2n) is 3.11. The van der Waals surface area contributed by atoms with Crippen LogP contribution in [-0.2, 0) is 0 Å². The van der Waals surface area contributed by atoms with Crippen LogP contribution in [0.4, 0.5) is 4.39 Å². The number of rotatable bonds is 5. The number of amides is 1. The molecule has 0 saturated heterocycles. The quantitative estimate of drug-likeness (QED) is 0.675. The van der Waals surface area contributed by atoms with Crippen molar-refractivity contribution < 1.29 is 19.4 Å². The number of nitrogens with zero attached hydrogens (tertiary/aromatic N) is 2. The molecule has 0 aromatic carbocycles. The predicted molar refractivity (Wildman–Crippen MR) is 54.3 cm³/mol. The number of aromatic nitrogens is 1. The molecular formula is C10H13FN2O3. The van der Waals surface area contributed by atoms with Gasteiger partial charge in [-0.3, -0.25) is 4.79 Å². The molecule has 6 heteroatoms. The molecule has 0 atom stereocenters. The smallest absolute Gasteiger partial charge is 0.254 e. The van der Waals surface area contributed by atoms with Gasteiger partial charge in [-0.05, 0) is 6.07 Å². The molecule has 0 aliphatic rings. The van der Waals surface area contributed by atoms with Crippen molar-refractivity contribution in [2.24, 2.45) is 0 Å². The average molecular weight is 228 g/mol. The zero-order valence-electron chi connectivity index (χ0n) is 8.64. The van der Waals surface area contributed by atoms with Crippen molar-refractivity contribution in [3.05, 3.63) is 29.8 Å². The van der Waals surface area contributed by atoms with Gasteiger partial charge in [0, 0.05) is 30.9 Å². The first-order valence-corrected chi connectivity index (χ1v) is 4.81. The molecular weight excluding hydrogens is 215 g/mol. The van der Waals surface area contributed by atoms with Gasteiger partial charge in [-0.15, -0.1) is 0 Å². The van der Waals surface area contributed by atoms with Gasteiger partial charge in [-0.1, -0.05) is 0 Å². The highest BCUT2D eigenvalue weighted by Gasteiger charge is 2.15. The third kappa shape index (κ3) is 3.25. The summed E-state index contributed by atoms with van der Waals surface area (Å²) in [5.41, 5.74) is 0.148. The van der Waals surface area contributed by atoms with Gasteiger partial charge >= 0.3 is 0 Å². The fourth-order valence-electron chi connectivity index (χ4n) is 1.27. The molecule has 1 amide bonds. The zero-order chi connectivity index (χ0) is 12.0. The lowest BCUT2D eigenvalue weighted by molar-refractivity contribution is 0.0684. The normalized spacial score (nSPS) is 10.2. The molecule has 0 radical (unpaired) electrons. The van der Waals surface area contributed by atoms with Gasteiger partial charge in [-0.2, -0.15) is 4.39 Å². The Hall–Kier alpha value is -1.53. The Morgan fingerprint density at radius 1 is 1.38 bits per heavy atom. The fraction of sp³-hybridized carbons (Fsp3) is 0.400. The Balaban J connectivity index is 2.81. The van der Waals surface area contributed by atoms with E-state index in [9.17, 15) is 9.18 Å². The van der Waals surface area contributed by atoms with Crippen molar-refractivity contribution in [3.8, 4) is 0 Å². The van der Waals surface area contributed by atoms with Crippen LogP contribution in [0.25, 0.3) is 0 Å². The van der Waals surface area contributed by atoms with Gasteiger partial charge < -0.3 is 15.1 Å². The van der Waals surface area contributed by atoms with Gasteiger partial charge in [0.05, 0.1) is 13.2 Å². The minimum atomic E-state index is -0.737. The number of carbonyl (C=O) groups is 1. The van der Waals surface area contributed by atoms with Crippen molar-refractivity contribution in [3.63, 3.8) is 0 Å². The summed E-state index contributed by atoms with van der Waals surface area (Å²) in [6.07, 6.45) is 1.19. The first-order chi connectivity index (χ1) is 7.69. The summed E-state index contributed by atoms with van der Waals surface area (Å²) in [6, 6.07) is 2.40. The summed E-state index contributed by atoms with van der Waals surface area (Å²) in [7, 11) is 0. The lowest BCUT2D eigenvalue weighted by Gasteiger charge is -2.20. The molecule has 0 saturated carbocycles. The number of hydrogen-bond acceptors (Lipinski definition) is 4. The highest BCUT2D eigenvalue weighted by molar-refractivity contribution is 5.94. The summed E-state index contributed by atoms with van der Waals surface area (Å²) < 4.78 is 12.8. The van der Waals surface area contributed by atoms with Crippen molar-refractivity contribution in [2.75, 3.05) is 26.3 Å². The van der Waals surface area contributed by atoms with Crippen molar-refractivity contribution >= 4 is 5.91 Å². The van der Waals surface area contributed by atoms with E-state index in [4.69, 9.17) is 10.2 Å². The van der Waals surface area contributed by atoms with Crippen LogP contribution in [0.15, 0.2) is 18.3 Å². The molecule has 0 fully saturated rings. The zero-order valence-corrected chi connectivity index (χ0v) is 8.64. The van der Waals surface area contributed by atoms with Crippen LogP contribution in [0.5, 0.6) is 0 Å². The molecule has 88 valence electrons. The van der Waals surface area contributed by atoms with Crippen molar-refractivity contribution in [1.82, 2.24) is 9.88 Å². The summed E-state index contributed by atoms with van der Waals surface area (Å²) in [5.74, 6) is -1.18. The van der Waals surface area contributed by atoms with E-state index in [0.29, 0.717) is 0 Å². The van der Waals surface area contributed by atoms with E-state index in [1.54, 1.807) is 0 Å². The third-order valence-electron chi connectivity index (χ3n) is 2.00. The van der Waals surface area contributed by atoms with Gasteiger partial charge in [0.15, 0.2) is 0 Å². The molecule has 16 heavy (non-hydrogen) atoms. The van der Waals surface area contributed by atoms with Gasteiger partial charge in [0.25, 0.3) is 5.91 Å². The first-order valence-electron chi connectivity index (χ1n) is 4.81. The van der Waals surface area contributed by atoms with Crippen LogP contribution >= 0.6 is 0 Å². The summed E-state index contributed by atoms with van der Waals surface area (Å²) >= 11 is 0. The predicted octanol–water partition coefficient (Wildman–Crippen LogP) is -0.352. The van der Waals surface area contributed by atoms with E-state index in [0.717, 1.165) is 6.07 Å². The van der Waals surface area contributed by atoms with E-state index >= 15 is 0 Å². The van der Waals surface area contributed by atoms with Crippen LogP contribution in [0.2, 0.25) is 0 Å². The van der Waals surface area contributed by atoms with Crippen LogP contribution < -0.4 is 0 Å². The molecule has 0 unspecified atom stereocenters. The maximum absolute atomic E-state index is 12.8. The second-order valence-corrected chi connectivity index (χ2v) is 3.11. The lowest BCUT2D eigenvalue weighted by Crippen LogP contribution is -2.35. The van der Waals surface area contributed by atoms with E-state index in [-0.39, 0.29) is 31.9 Å². The first kappa shape index (κ1) is 12.5. The summed E-state index contributed by atoms with van der Waals surface area (Å²) in [4.78, 5) is 16.4. The summed E-state index contributed by atoms with van der Waals surface area (Å²) in [5, 5.41) is 17.5. The van der Waals surface area contributed by atoms with Crippen LogP contribution in [0.1, 0.15) is 10.4 Å². The highest BCUT2D eigenvalue weighted by Crippen LogP contribution is 2.05. The molecule has 0 spiro atoms. The number of pyridine rings is 1. The fourth-order valence-corrected chi connectivity index (χ4v) is 1.27. The molecule has 5 nitrogen and oxygen atoms in total. The second kappa shape index (κ2) is 6.14. The third-order valence-corrected chi connectivity index (χ3v) is 2.00. The average Bonchev–Trinajstić information content (AvgIpc) is 2.28. The number of carbonyl (C=O) groups excluding carboxylic acids is 1. The Kier molecular flexibility index (Phi) is 4.81. The van der Waals surface area contributed by atoms with Gasteiger partial charge in [0.1, 0.15) is 0 Å². The molecule has 1 aromatic rings. The Labute approximate surface area is 92.2 Å². The van der Waals surface area contributed by atoms with Crippen LogP contribution in [-0.4, -0.2) is 52.3 Å². The monoisotopic (exact) mass is 228 g/mol. The highest BCUT2D eigenvalue weighted by atomic mass is 19.1. The molecule has 1 aromatic heterocycles. The Morgan fingerprint density at radius 3 is 2.50 bits per heavy atom. The van der Waals surface area contributed by atoms with Gasteiger partial charge in [0.2, 0.25) is 5.95 Å². The topological polar surface area (TPSA) is 73.7 Å². The van der Waals surface area contributed by atoms with Crippen LogP contribution in [0, 0.1) is 5.95 Å². The van der Waals surface area contributed by atoms with E-state index in [1.165, 1.54) is 17.2 Å². The number of aliphatic hydroxyl groups excluding tert-OH is 2. The van der Waals surface area contributed by atoms with Crippen molar-refractivity contribution in [2.45, 2.75) is 0 Å². The molecule has 1 heterocycles. The maximum Gasteiger partial charge on any atom is 0.254 e.